The molecule has 1 aliphatic heterocycles. The molecule has 0 fully saturated rings. The first-order chi connectivity index (χ1) is 14.6. The molecule has 150 valence electrons. The molecule has 10 heteroatoms. The number of hydrogen-bond acceptors (Lipinski definition) is 7. The maximum absolute atomic E-state index is 12.7. The zero-order valence-corrected chi connectivity index (χ0v) is 15.8. The van der Waals surface area contributed by atoms with Crippen molar-refractivity contribution < 1.29 is 4.92 Å². The molecule has 0 radical (unpaired) electrons. The minimum absolute atomic E-state index is 0.0791. The molecule has 4 aromatic rings. The fourth-order valence-electron chi connectivity index (χ4n) is 3.93. The SMILES string of the molecule is O=c1[nH]c(-c2cncnc2)nc2c1CN(Cc1c[nH]c3cccc([N+](=O)[O-])c13)CC2. The van der Waals surface area contributed by atoms with Crippen LogP contribution in [0.2, 0.25) is 0 Å². The molecular formula is C20H17N7O3. The predicted octanol–water partition coefficient (Wildman–Crippen LogP) is 2.17. The number of rotatable bonds is 4. The number of non-ortho nitro benzene ring substituents is 1. The molecule has 5 rings (SSSR count). The maximum atomic E-state index is 12.7. The minimum Gasteiger partial charge on any atom is -0.361 e. The number of benzene rings is 1. The summed E-state index contributed by atoms with van der Waals surface area (Å²) >= 11 is 0. The summed E-state index contributed by atoms with van der Waals surface area (Å²) < 4.78 is 0. The maximum Gasteiger partial charge on any atom is 0.279 e. The van der Waals surface area contributed by atoms with E-state index < -0.39 is 0 Å². The molecule has 1 aliphatic rings. The Kier molecular flexibility index (Phi) is 4.32. The van der Waals surface area contributed by atoms with Gasteiger partial charge in [0.15, 0.2) is 0 Å². The molecular weight excluding hydrogens is 386 g/mol. The van der Waals surface area contributed by atoms with Crippen molar-refractivity contribution in [1.82, 2.24) is 29.8 Å². The van der Waals surface area contributed by atoms with Crippen LogP contribution >= 0.6 is 0 Å². The first-order valence-corrected chi connectivity index (χ1v) is 9.43. The molecule has 4 heterocycles. The summed E-state index contributed by atoms with van der Waals surface area (Å²) in [7, 11) is 0. The summed E-state index contributed by atoms with van der Waals surface area (Å²) in [6, 6.07) is 4.99. The molecule has 30 heavy (non-hydrogen) atoms. The fourth-order valence-corrected chi connectivity index (χ4v) is 3.93. The Morgan fingerprint density at radius 1 is 1.23 bits per heavy atom. The second kappa shape index (κ2) is 7.16. The van der Waals surface area contributed by atoms with Crippen LogP contribution in [0.25, 0.3) is 22.3 Å². The number of aromatic nitrogens is 5. The van der Waals surface area contributed by atoms with Gasteiger partial charge in [-0.3, -0.25) is 19.8 Å². The molecule has 0 unspecified atom stereocenters. The molecule has 0 aliphatic carbocycles. The summed E-state index contributed by atoms with van der Waals surface area (Å²) in [6.07, 6.45) is 7.05. The third-order valence-corrected chi connectivity index (χ3v) is 5.34. The third-order valence-electron chi connectivity index (χ3n) is 5.34. The molecule has 2 N–H and O–H groups in total. The first-order valence-electron chi connectivity index (χ1n) is 9.43. The van der Waals surface area contributed by atoms with Crippen LogP contribution < -0.4 is 5.56 Å². The minimum atomic E-state index is -0.366. The number of aromatic amines is 2. The summed E-state index contributed by atoms with van der Waals surface area (Å²) in [5.41, 5.74) is 3.50. The molecule has 10 nitrogen and oxygen atoms in total. The number of nitro groups is 1. The van der Waals surface area contributed by atoms with Crippen LogP contribution in [0.1, 0.15) is 16.8 Å². The van der Waals surface area contributed by atoms with E-state index in [1.807, 2.05) is 6.07 Å². The van der Waals surface area contributed by atoms with Gasteiger partial charge in [-0.1, -0.05) is 6.07 Å². The van der Waals surface area contributed by atoms with Gasteiger partial charge < -0.3 is 9.97 Å². The summed E-state index contributed by atoms with van der Waals surface area (Å²) in [5, 5.41) is 12.0. The van der Waals surface area contributed by atoms with Gasteiger partial charge >= 0.3 is 0 Å². The average molecular weight is 403 g/mol. The van der Waals surface area contributed by atoms with Crippen LogP contribution in [0.3, 0.4) is 0 Å². The van der Waals surface area contributed by atoms with Gasteiger partial charge in [-0.05, 0) is 11.6 Å². The van der Waals surface area contributed by atoms with Crippen LogP contribution in [0.5, 0.6) is 0 Å². The van der Waals surface area contributed by atoms with Crippen molar-refractivity contribution in [3.63, 3.8) is 0 Å². The van der Waals surface area contributed by atoms with Crippen LogP contribution in [-0.4, -0.2) is 41.3 Å². The lowest BCUT2D eigenvalue weighted by molar-refractivity contribution is -0.383. The monoisotopic (exact) mass is 403 g/mol. The second-order valence-electron chi connectivity index (χ2n) is 7.20. The van der Waals surface area contributed by atoms with E-state index in [2.05, 4.69) is 29.8 Å². The summed E-state index contributed by atoms with van der Waals surface area (Å²) in [5.74, 6) is 0.458. The van der Waals surface area contributed by atoms with Crippen molar-refractivity contribution in [3.8, 4) is 11.4 Å². The van der Waals surface area contributed by atoms with Gasteiger partial charge in [0, 0.05) is 50.7 Å². The second-order valence-corrected chi connectivity index (χ2v) is 7.20. The number of nitrogens with zero attached hydrogens (tertiary/aromatic N) is 5. The largest absolute Gasteiger partial charge is 0.361 e. The highest BCUT2D eigenvalue weighted by Gasteiger charge is 2.24. The van der Waals surface area contributed by atoms with Crippen LogP contribution in [0.4, 0.5) is 5.69 Å². The van der Waals surface area contributed by atoms with E-state index in [1.165, 1.54) is 12.4 Å². The summed E-state index contributed by atoms with van der Waals surface area (Å²) in [6.45, 7) is 1.62. The zero-order chi connectivity index (χ0) is 20.7. The molecule has 0 atom stereocenters. The van der Waals surface area contributed by atoms with E-state index in [0.29, 0.717) is 48.4 Å². The lowest BCUT2D eigenvalue weighted by Crippen LogP contribution is -2.35. The highest BCUT2D eigenvalue weighted by atomic mass is 16.6. The highest BCUT2D eigenvalue weighted by molar-refractivity contribution is 5.91. The van der Waals surface area contributed by atoms with Crippen molar-refractivity contribution in [2.24, 2.45) is 0 Å². The van der Waals surface area contributed by atoms with Crippen molar-refractivity contribution in [2.45, 2.75) is 19.5 Å². The quantitative estimate of drug-likeness (QED) is 0.394. The Morgan fingerprint density at radius 2 is 2.07 bits per heavy atom. The third kappa shape index (κ3) is 3.12. The first kappa shape index (κ1) is 18.1. The lowest BCUT2D eigenvalue weighted by atomic mass is 10.0. The van der Waals surface area contributed by atoms with Crippen LogP contribution in [0.15, 0.2) is 47.9 Å². The Morgan fingerprint density at radius 3 is 2.87 bits per heavy atom. The van der Waals surface area contributed by atoms with Gasteiger partial charge in [-0.15, -0.1) is 0 Å². The normalized spacial score (nSPS) is 14.0. The molecule has 0 amide bonds. The highest BCUT2D eigenvalue weighted by Crippen LogP contribution is 2.30. The molecule has 0 saturated carbocycles. The number of nitrogens with one attached hydrogen (secondary N) is 2. The summed E-state index contributed by atoms with van der Waals surface area (Å²) in [4.78, 5) is 44.3. The van der Waals surface area contributed by atoms with Gasteiger partial charge in [0.1, 0.15) is 12.2 Å². The van der Waals surface area contributed by atoms with Crippen molar-refractivity contribution >= 4 is 16.6 Å². The Balaban J connectivity index is 1.44. The van der Waals surface area contributed by atoms with E-state index in [4.69, 9.17) is 0 Å². The van der Waals surface area contributed by atoms with Gasteiger partial charge in [0.05, 0.1) is 32.6 Å². The van der Waals surface area contributed by atoms with E-state index in [1.54, 1.807) is 24.7 Å². The van der Waals surface area contributed by atoms with Crippen molar-refractivity contribution in [2.75, 3.05) is 6.54 Å². The van der Waals surface area contributed by atoms with E-state index in [-0.39, 0.29) is 16.2 Å². The van der Waals surface area contributed by atoms with Gasteiger partial charge in [0.2, 0.25) is 0 Å². The van der Waals surface area contributed by atoms with Crippen molar-refractivity contribution in [1.29, 1.82) is 0 Å². The molecule has 0 saturated heterocycles. The van der Waals surface area contributed by atoms with Gasteiger partial charge in [-0.2, -0.15) is 0 Å². The van der Waals surface area contributed by atoms with E-state index in [0.717, 1.165) is 16.8 Å². The van der Waals surface area contributed by atoms with Crippen LogP contribution in [-0.2, 0) is 19.5 Å². The molecule has 3 aromatic heterocycles. The Hall–Kier alpha value is -3.92. The van der Waals surface area contributed by atoms with Gasteiger partial charge in [-0.25, -0.2) is 15.0 Å². The Labute approximate surface area is 169 Å². The molecule has 0 bridgehead atoms. The van der Waals surface area contributed by atoms with Crippen LogP contribution in [0, 0.1) is 10.1 Å². The van der Waals surface area contributed by atoms with E-state index >= 15 is 0 Å². The average Bonchev–Trinajstić information content (AvgIpc) is 3.17. The number of hydrogen-bond donors (Lipinski definition) is 2. The molecule has 1 aromatic carbocycles. The Bertz CT molecular complexity index is 1310. The number of fused-ring (bicyclic) bond motifs is 2. The van der Waals surface area contributed by atoms with E-state index in [9.17, 15) is 14.9 Å². The number of nitro benzene ring substituents is 1. The predicted molar refractivity (Wildman–Crippen MR) is 109 cm³/mol. The fraction of sp³-hybridized carbons (Fsp3) is 0.200. The smallest absolute Gasteiger partial charge is 0.279 e. The number of H-pyrrole nitrogens is 2. The van der Waals surface area contributed by atoms with Gasteiger partial charge in [0.25, 0.3) is 11.2 Å². The topological polar surface area (TPSA) is 134 Å². The standard InChI is InChI=1S/C20H17N7O3/c28-20-14-10-26(5-4-15(14)24-19(25-20)12-6-21-11-22-7-12)9-13-8-23-16-2-1-3-17(18(13)16)27(29)30/h1-3,6-8,11,23H,4-5,9-10H2,(H,24,25,28). The molecule has 0 spiro atoms. The van der Waals surface area contributed by atoms with Crippen molar-refractivity contribution in [3.05, 3.63) is 80.4 Å². The zero-order valence-electron chi connectivity index (χ0n) is 15.8. The lowest BCUT2D eigenvalue weighted by Gasteiger charge is -2.27.